The van der Waals surface area contributed by atoms with Gasteiger partial charge in [0.2, 0.25) is 0 Å². The maximum atomic E-state index is 12.4. The van der Waals surface area contributed by atoms with Crippen molar-refractivity contribution < 1.29 is 9.53 Å². The molecule has 30 heavy (non-hydrogen) atoms. The molecule has 3 aromatic carbocycles. The Kier molecular flexibility index (Phi) is 7.53. The average Bonchev–Trinajstić information content (AvgIpc) is 2.75. The molecule has 7 heteroatoms. The van der Waals surface area contributed by atoms with E-state index in [1.165, 1.54) is 12.1 Å². The zero-order valence-electron chi connectivity index (χ0n) is 15.5. The van der Waals surface area contributed by atoms with Crippen molar-refractivity contribution in [3.63, 3.8) is 0 Å². The molecule has 3 aromatic rings. The number of anilines is 1. The van der Waals surface area contributed by atoms with Gasteiger partial charge in [-0.3, -0.25) is 4.79 Å². The summed E-state index contributed by atoms with van der Waals surface area (Å²) in [4.78, 5) is 12.4. The van der Waals surface area contributed by atoms with E-state index in [2.05, 4.69) is 21.2 Å². The highest BCUT2D eigenvalue weighted by molar-refractivity contribution is 9.10. The molecule has 0 aliphatic heterocycles. The quantitative estimate of drug-likeness (QED) is 0.295. The van der Waals surface area contributed by atoms with E-state index in [-0.39, 0.29) is 5.57 Å². The third-order valence-electron chi connectivity index (χ3n) is 4.09. The number of amides is 1. The first kappa shape index (κ1) is 21.9. The Bertz CT molecular complexity index is 1140. The van der Waals surface area contributed by atoms with Gasteiger partial charge in [-0.2, -0.15) is 5.26 Å². The Morgan fingerprint density at radius 1 is 1.07 bits per heavy atom. The van der Waals surface area contributed by atoms with Gasteiger partial charge in [-0.05, 0) is 48.0 Å². The lowest BCUT2D eigenvalue weighted by Crippen LogP contribution is -2.13. The highest BCUT2D eigenvalue weighted by Crippen LogP contribution is 2.25. The van der Waals surface area contributed by atoms with Crippen molar-refractivity contribution in [1.82, 2.24) is 0 Å². The van der Waals surface area contributed by atoms with Crippen molar-refractivity contribution in [2.24, 2.45) is 0 Å². The summed E-state index contributed by atoms with van der Waals surface area (Å²) in [6, 6.07) is 21.6. The number of hydrogen-bond donors (Lipinski definition) is 1. The topological polar surface area (TPSA) is 62.1 Å². The minimum absolute atomic E-state index is 0.0389. The van der Waals surface area contributed by atoms with E-state index in [0.717, 1.165) is 10.0 Å². The van der Waals surface area contributed by atoms with Crippen molar-refractivity contribution >= 4 is 56.8 Å². The first-order chi connectivity index (χ1) is 14.5. The number of nitriles is 1. The van der Waals surface area contributed by atoms with Crippen LogP contribution in [0, 0.1) is 11.3 Å². The molecule has 0 bridgehead atoms. The van der Waals surface area contributed by atoms with Crippen molar-refractivity contribution in [3.05, 3.63) is 97.9 Å². The van der Waals surface area contributed by atoms with E-state index in [9.17, 15) is 10.1 Å². The van der Waals surface area contributed by atoms with Gasteiger partial charge in [0.25, 0.3) is 5.91 Å². The largest absolute Gasteiger partial charge is 0.489 e. The second kappa shape index (κ2) is 10.3. The summed E-state index contributed by atoms with van der Waals surface area (Å²) in [6.45, 7) is 0.423. The molecule has 0 radical (unpaired) electrons. The maximum absolute atomic E-state index is 12.4. The van der Waals surface area contributed by atoms with E-state index in [1.54, 1.807) is 36.4 Å². The smallest absolute Gasteiger partial charge is 0.266 e. The Hall–Kier alpha value is -2.78. The van der Waals surface area contributed by atoms with Gasteiger partial charge in [0, 0.05) is 15.7 Å². The number of rotatable bonds is 6. The standard InChI is InChI=1S/C23H15BrCl2N2O2/c24-20-4-2-1-3-16(20)14-30-19-8-5-15(6-9-19)11-17(13-27)23(29)28-18-7-10-21(25)22(26)12-18/h1-12H,14H2,(H,28,29)/b17-11+. The number of hydrogen-bond acceptors (Lipinski definition) is 3. The van der Waals surface area contributed by atoms with E-state index < -0.39 is 5.91 Å². The van der Waals surface area contributed by atoms with Crippen LogP contribution < -0.4 is 10.1 Å². The summed E-state index contributed by atoms with van der Waals surface area (Å²) in [6.07, 6.45) is 1.50. The van der Waals surface area contributed by atoms with Gasteiger partial charge in [-0.1, -0.05) is 69.5 Å². The molecular weight excluding hydrogens is 487 g/mol. The minimum Gasteiger partial charge on any atom is -0.489 e. The molecule has 150 valence electrons. The number of ether oxygens (including phenoxy) is 1. The summed E-state index contributed by atoms with van der Waals surface area (Å²) < 4.78 is 6.77. The second-order valence-corrected chi connectivity index (χ2v) is 7.87. The van der Waals surface area contributed by atoms with Crippen LogP contribution in [0.15, 0.2) is 76.8 Å². The van der Waals surface area contributed by atoms with Gasteiger partial charge >= 0.3 is 0 Å². The number of halogens is 3. The lowest BCUT2D eigenvalue weighted by molar-refractivity contribution is -0.112. The second-order valence-electron chi connectivity index (χ2n) is 6.20. The van der Waals surface area contributed by atoms with Gasteiger partial charge in [0.15, 0.2) is 0 Å². The fourth-order valence-corrected chi connectivity index (χ4v) is 3.22. The van der Waals surface area contributed by atoms with Crippen LogP contribution in [0.3, 0.4) is 0 Å². The van der Waals surface area contributed by atoms with Crippen LogP contribution in [0.1, 0.15) is 11.1 Å². The number of carbonyl (C=O) groups excluding carboxylic acids is 1. The Labute approximate surface area is 192 Å². The molecule has 0 atom stereocenters. The first-order valence-electron chi connectivity index (χ1n) is 8.81. The summed E-state index contributed by atoms with van der Waals surface area (Å²) >= 11 is 15.3. The van der Waals surface area contributed by atoms with Crippen molar-refractivity contribution in [1.29, 1.82) is 5.26 Å². The molecule has 3 rings (SSSR count). The van der Waals surface area contributed by atoms with Crippen LogP contribution in [0.25, 0.3) is 6.08 Å². The highest BCUT2D eigenvalue weighted by atomic mass is 79.9. The summed E-state index contributed by atoms with van der Waals surface area (Å²) in [5.74, 6) is 0.145. The van der Waals surface area contributed by atoms with Crippen LogP contribution in [0.4, 0.5) is 5.69 Å². The fraction of sp³-hybridized carbons (Fsp3) is 0.0435. The summed E-state index contributed by atoms with van der Waals surface area (Å²) in [5, 5.41) is 12.7. The number of benzene rings is 3. The molecule has 0 saturated carbocycles. The first-order valence-corrected chi connectivity index (χ1v) is 10.4. The molecule has 0 saturated heterocycles. The number of nitrogens with one attached hydrogen (secondary N) is 1. The lowest BCUT2D eigenvalue weighted by atomic mass is 10.1. The maximum Gasteiger partial charge on any atom is 0.266 e. The molecule has 0 spiro atoms. The number of carbonyl (C=O) groups is 1. The Balaban J connectivity index is 1.66. The minimum atomic E-state index is -0.537. The van der Waals surface area contributed by atoms with E-state index in [1.807, 2.05) is 30.3 Å². The SMILES string of the molecule is N#C/C(=C\c1ccc(OCc2ccccc2Br)cc1)C(=O)Nc1ccc(Cl)c(Cl)c1. The van der Waals surface area contributed by atoms with Crippen LogP contribution in [0.5, 0.6) is 5.75 Å². The van der Waals surface area contributed by atoms with Crippen LogP contribution in [-0.4, -0.2) is 5.91 Å². The normalized spacial score (nSPS) is 10.9. The van der Waals surface area contributed by atoms with Gasteiger partial charge in [0.1, 0.15) is 24.0 Å². The Morgan fingerprint density at radius 2 is 1.80 bits per heavy atom. The van der Waals surface area contributed by atoms with E-state index in [4.69, 9.17) is 27.9 Å². The number of nitrogens with zero attached hydrogens (tertiary/aromatic N) is 1. The highest BCUT2D eigenvalue weighted by Gasteiger charge is 2.11. The van der Waals surface area contributed by atoms with Gasteiger partial charge in [-0.15, -0.1) is 0 Å². The lowest BCUT2D eigenvalue weighted by Gasteiger charge is -2.08. The van der Waals surface area contributed by atoms with Crippen molar-refractivity contribution in [2.45, 2.75) is 6.61 Å². The average molecular weight is 502 g/mol. The molecule has 1 amide bonds. The third kappa shape index (κ3) is 5.87. The van der Waals surface area contributed by atoms with Crippen LogP contribution >= 0.6 is 39.1 Å². The summed E-state index contributed by atoms with van der Waals surface area (Å²) in [5.41, 5.74) is 2.14. The molecule has 0 aliphatic rings. The van der Waals surface area contributed by atoms with Crippen molar-refractivity contribution in [2.75, 3.05) is 5.32 Å². The van der Waals surface area contributed by atoms with Gasteiger partial charge in [-0.25, -0.2) is 0 Å². The predicted octanol–water partition coefficient (Wildman–Crippen LogP) is 6.88. The van der Waals surface area contributed by atoms with Gasteiger partial charge < -0.3 is 10.1 Å². The zero-order chi connectivity index (χ0) is 21.5. The van der Waals surface area contributed by atoms with Crippen LogP contribution in [-0.2, 0) is 11.4 Å². The third-order valence-corrected chi connectivity index (χ3v) is 5.60. The Morgan fingerprint density at radius 3 is 2.47 bits per heavy atom. The van der Waals surface area contributed by atoms with Gasteiger partial charge in [0.05, 0.1) is 10.0 Å². The van der Waals surface area contributed by atoms with Crippen molar-refractivity contribution in [3.8, 4) is 11.8 Å². The zero-order valence-corrected chi connectivity index (χ0v) is 18.6. The molecule has 0 unspecified atom stereocenters. The van der Waals surface area contributed by atoms with E-state index in [0.29, 0.717) is 33.7 Å². The molecule has 0 aromatic heterocycles. The van der Waals surface area contributed by atoms with Crippen LogP contribution in [0.2, 0.25) is 10.0 Å². The molecule has 0 aliphatic carbocycles. The molecule has 1 N–H and O–H groups in total. The molecule has 4 nitrogen and oxygen atoms in total. The summed E-state index contributed by atoms with van der Waals surface area (Å²) in [7, 11) is 0. The molecular formula is C23H15BrCl2N2O2. The monoisotopic (exact) mass is 500 g/mol. The molecule has 0 heterocycles. The fourth-order valence-electron chi connectivity index (χ4n) is 2.52. The molecule has 0 fully saturated rings. The predicted molar refractivity (Wildman–Crippen MR) is 124 cm³/mol. The van der Waals surface area contributed by atoms with E-state index >= 15 is 0 Å².